The molecule has 4 heteroatoms. The van der Waals surface area contributed by atoms with E-state index in [4.69, 9.17) is 4.74 Å². The van der Waals surface area contributed by atoms with Gasteiger partial charge in [0.25, 0.3) is 5.91 Å². The van der Waals surface area contributed by atoms with Gasteiger partial charge in [0.1, 0.15) is 6.10 Å². The number of carbonyl (C=O) groups excluding carboxylic acids is 1. The van der Waals surface area contributed by atoms with Crippen LogP contribution >= 0.6 is 0 Å². The topological polar surface area (TPSA) is 54.5 Å². The van der Waals surface area contributed by atoms with Crippen molar-refractivity contribution in [3.8, 4) is 0 Å². The fraction of sp³-hybridized carbons (Fsp3) is 0.333. The van der Waals surface area contributed by atoms with E-state index in [9.17, 15) is 4.79 Å². The van der Waals surface area contributed by atoms with E-state index in [0.717, 1.165) is 12.2 Å². The maximum Gasteiger partial charge on any atom is 0.252 e. The summed E-state index contributed by atoms with van der Waals surface area (Å²) < 4.78 is 5.09. The Morgan fingerprint density at radius 2 is 2.46 bits per heavy atom. The Morgan fingerprint density at radius 3 is 3.08 bits per heavy atom. The third-order valence-corrected chi connectivity index (χ3v) is 1.95. The smallest absolute Gasteiger partial charge is 0.252 e. The third kappa shape index (κ3) is 1.67. The number of nitrogens with one attached hydrogen (secondary N) is 1. The molecule has 1 atom stereocenters. The quantitative estimate of drug-likeness (QED) is 0.671. The highest BCUT2D eigenvalue weighted by Gasteiger charge is 2.25. The molecule has 0 saturated carbocycles. The lowest BCUT2D eigenvalue weighted by Crippen LogP contribution is -2.18. The van der Waals surface area contributed by atoms with Gasteiger partial charge in [-0.2, -0.15) is 0 Å². The van der Waals surface area contributed by atoms with Crippen LogP contribution in [0.2, 0.25) is 0 Å². The van der Waals surface area contributed by atoms with Crippen LogP contribution in [0.5, 0.6) is 0 Å². The summed E-state index contributed by atoms with van der Waals surface area (Å²) in [5, 5.41) is 2.55. The first-order chi connectivity index (χ1) is 6.31. The van der Waals surface area contributed by atoms with Gasteiger partial charge in [-0.15, -0.1) is 0 Å². The Kier molecular flexibility index (Phi) is 1.98. The summed E-state index contributed by atoms with van der Waals surface area (Å²) in [6.07, 6.45) is 3.42. The van der Waals surface area contributed by atoms with E-state index in [-0.39, 0.29) is 12.0 Å². The zero-order chi connectivity index (χ0) is 9.26. The van der Waals surface area contributed by atoms with Crippen LogP contribution in [0.1, 0.15) is 22.0 Å². The van der Waals surface area contributed by atoms with E-state index >= 15 is 0 Å². The molecule has 68 valence electrons. The van der Waals surface area contributed by atoms with Gasteiger partial charge in [-0.1, -0.05) is 0 Å². The fourth-order valence-corrected chi connectivity index (χ4v) is 1.14. The molecule has 2 heterocycles. The molecule has 1 aliphatic heterocycles. The second kappa shape index (κ2) is 3.14. The molecule has 1 aromatic rings. The number of nitrogens with zero attached hydrogens (tertiary/aromatic N) is 1. The SMILES string of the molecule is CNC(=O)c1cncc(C2CO2)c1. The van der Waals surface area contributed by atoms with Crippen LogP contribution in [0.15, 0.2) is 18.5 Å². The molecule has 0 aromatic carbocycles. The largest absolute Gasteiger partial charge is 0.368 e. The number of aromatic nitrogens is 1. The molecule has 1 unspecified atom stereocenters. The van der Waals surface area contributed by atoms with Crippen molar-refractivity contribution in [2.24, 2.45) is 0 Å². The summed E-state index contributed by atoms with van der Waals surface area (Å²) in [6, 6.07) is 1.81. The summed E-state index contributed by atoms with van der Waals surface area (Å²) >= 11 is 0. The summed E-state index contributed by atoms with van der Waals surface area (Å²) in [5.74, 6) is -0.116. The van der Waals surface area contributed by atoms with Crippen molar-refractivity contribution < 1.29 is 9.53 Å². The zero-order valence-corrected chi connectivity index (χ0v) is 7.28. The number of rotatable bonds is 2. The average Bonchev–Trinajstić information content (AvgIpc) is 3.00. The minimum absolute atomic E-state index is 0.116. The minimum Gasteiger partial charge on any atom is -0.368 e. The lowest BCUT2D eigenvalue weighted by Gasteiger charge is -2.00. The standard InChI is InChI=1S/C9H10N2O2/c1-10-9(12)7-2-6(3-11-4-7)8-5-13-8/h2-4,8H,5H2,1H3,(H,10,12). The van der Waals surface area contributed by atoms with Gasteiger partial charge in [-0.3, -0.25) is 9.78 Å². The Hall–Kier alpha value is -1.42. The van der Waals surface area contributed by atoms with Crippen LogP contribution in [-0.2, 0) is 4.74 Å². The fourth-order valence-electron chi connectivity index (χ4n) is 1.14. The van der Waals surface area contributed by atoms with Crippen LogP contribution in [0, 0.1) is 0 Å². The molecule has 0 spiro atoms. The molecular formula is C9H10N2O2. The average molecular weight is 178 g/mol. The van der Waals surface area contributed by atoms with Gasteiger partial charge in [-0.25, -0.2) is 0 Å². The normalized spacial score (nSPS) is 19.6. The molecule has 1 aliphatic rings. The van der Waals surface area contributed by atoms with Crippen LogP contribution in [0.3, 0.4) is 0 Å². The lowest BCUT2D eigenvalue weighted by atomic mass is 10.1. The van der Waals surface area contributed by atoms with E-state index in [2.05, 4.69) is 10.3 Å². The molecular weight excluding hydrogens is 168 g/mol. The number of amides is 1. The Labute approximate surface area is 75.9 Å². The Morgan fingerprint density at radius 1 is 1.69 bits per heavy atom. The summed E-state index contributed by atoms with van der Waals surface area (Å²) in [5.41, 5.74) is 1.55. The number of epoxide rings is 1. The van der Waals surface area contributed by atoms with Crippen LogP contribution in [0.4, 0.5) is 0 Å². The molecule has 4 nitrogen and oxygen atoms in total. The molecule has 1 saturated heterocycles. The summed E-state index contributed by atoms with van der Waals surface area (Å²) in [6.45, 7) is 0.735. The molecule has 1 fully saturated rings. The molecule has 1 aromatic heterocycles. The first-order valence-corrected chi connectivity index (χ1v) is 4.10. The number of ether oxygens (including phenoxy) is 1. The number of hydrogen-bond acceptors (Lipinski definition) is 3. The van der Waals surface area contributed by atoms with Gasteiger partial charge in [0.05, 0.1) is 12.2 Å². The van der Waals surface area contributed by atoms with Crippen molar-refractivity contribution in [2.45, 2.75) is 6.10 Å². The molecule has 13 heavy (non-hydrogen) atoms. The van der Waals surface area contributed by atoms with E-state index in [0.29, 0.717) is 5.56 Å². The highest BCUT2D eigenvalue weighted by molar-refractivity contribution is 5.93. The van der Waals surface area contributed by atoms with Crippen LogP contribution in [0.25, 0.3) is 0 Å². The highest BCUT2D eigenvalue weighted by Crippen LogP contribution is 2.29. The van der Waals surface area contributed by atoms with Crippen LogP contribution in [-0.4, -0.2) is 24.5 Å². The zero-order valence-electron chi connectivity index (χ0n) is 7.28. The van der Waals surface area contributed by atoms with Gasteiger partial charge >= 0.3 is 0 Å². The molecule has 0 radical (unpaired) electrons. The molecule has 0 bridgehead atoms. The summed E-state index contributed by atoms with van der Waals surface area (Å²) in [7, 11) is 1.60. The van der Waals surface area contributed by atoms with E-state index < -0.39 is 0 Å². The van der Waals surface area contributed by atoms with Crippen molar-refractivity contribution in [1.29, 1.82) is 0 Å². The monoisotopic (exact) mass is 178 g/mol. The van der Waals surface area contributed by atoms with E-state index in [1.54, 1.807) is 19.4 Å². The number of hydrogen-bond donors (Lipinski definition) is 1. The lowest BCUT2D eigenvalue weighted by molar-refractivity contribution is 0.0962. The van der Waals surface area contributed by atoms with Gasteiger partial charge < -0.3 is 10.1 Å². The first kappa shape index (κ1) is 8.19. The maximum absolute atomic E-state index is 11.2. The van der Waals surface area contributed by atoms with E-state index in [1.165, 1.54) is 0 Å². The molecule has 0 aliphatic carbocycles. The van der Waals surface area contributed by atoms with Gasteiger partial charge in [0.15, 0.2) is 0 Å². The van der Waals surface area contributed by atoms with E-state index in [1.807, 2.05) is 6.07 Å². The predicted molar refractivity (Wildman–Crippen MR) is 46.3 cm³/mol. The van der Waals surface area contributed by atoms with Crippen molar-refractivity contribution in [2.75, 3.05) is 13.7 Å². The predicted octanol–water partition coefficient (Wildman–Crippen LogP) is 0.512. The molecule has 1 amide bonds. The molecule has 1 N–H and O–H groups in total. The van der Waals surface area contributed by atoms with Crippen LogP contribution < -0.4 is 5.32 Å². The van der Waals surface area contributed by atoms with Gasteiger partial charge in [-0.05, 0) is 6.07 Å². The maximum atomic E-state index is 11.2. The van der Waals surface area contributed by atoms with Crippen molar-refractivity contribution in [3.63, 3.8) is 0 Å². The van der Waals surface area contributed by atoms with Gasteiger partial charge in [0, 0.05) is 25.0 Å². The molecule has 2 rings (SSSR count). The second-order valence-corrected chi connectivity index (χ2v) is 2.91. The summed E-state index contributed by atoms with van der Waals surface area (Å²) in [4.78, 5) is 15.2. The second-order valence-electron chi connectivity index (χ2n) is 2.91. The Bertz CT molecular complexity index is 334. The highest BCUT2D eigenvalue weighted by atomic mass is 16.6. The first-order valence-electron chi connectivity index (χ1n) is 4.10. The van der Waals surface area contributed by atoms with Crippen molar-refractivity contribution >= 4 is 5.91 Å². The number of carbonyl (C=O) groups is 1. The number of pyridine rings is 1. The van der Waals surface area contributed by atoms with Gasteiger partial charge in [0.2, 0.25) is 0 Å². The van der Waals surface area contributed by atoms with Crippen molar-refractivity contribution in [1.82, 2.24) is 10.3 Å². The minimum atomic E-state index is -0.116. The Balaban J connectivity index is 2.26. The van der Waals surface area contributed by atoms with Crippen molar-refractivity contribution in [3.05, 3.63) is 29.6 Å². The third-order valence-electron chi connectivity index (χ3n) is 1.95.